The van der Waals surface area contributed by atoms with Crippen molar-refractivity contribution in [1.29, 1.82) is 0 Å². The molecular weight excluding hydrogens is 226 g/mol. The smallest absolute Gasteiger partial charge is 0.0480 e. The molecule has 0 saturated carbocycles. The van der Waals surface area contributed by atoms with Gasteiger partial charge >= 0.3 is 0 Å². The number of aromatic nitrogens is 1. The molecule has 0 spiro atoms. The lowest BCUT2D eigenvalue weighted by molar-refractivity contribution is 1.05. The average molecular weight is 236 g/mol. The van der Waals surface area contributed by atoms with Crippen LogP contribution in [0.5, 0.6) is 0 Å². The molecule has 0 radical (unpaired) electrons. The van der Waals surface area contributed by atoms with Crippen LogP contribution >= 0.6 is 15.9 Å². The summed E-state index contributed by atoms with van der Waals surface area (Å²) in [6.07, 6.45) is 2.86. The highest BCUT2D eigenvalue weighted by atomic mass is 79.9. The van der Waals surface area contributed by atoms with Crippen molar-refractivity contribution in [3.05, 3.63) is 40.6 Å². The Hall–Kier alpha value is -0.890. The molecule has 1 aromatic carbocycles. The number of nitrogens with zero attached hydrogens (tertiary/aromatic N) is 1. The molecule has 0 N–H and O–H groups in total. The first-order valence-corrected chi connectivity index (χ1v) is 5.14. The summed E-state index contributed by atoms with van der Waals surface area (Å²) in [5.74, 6) is 0. The fourth-order valence-electron chi connectivity index (χ4n) is 1.50. The van der Waals surface area contributed by atoms with E-state index < -0.39 is 0 Å². The maximum atomic E-state index is 4.38. The van der Waals surface area contributed by atoms with Crippen LogP contribution < -0.4 is 0 Å². The molecule has 2 aromatic rings. The summed E-state index contributed by atoms with van der Waals surface area (Å²) in [5, 5.41) is 2.49. The van der Waals surface area contributed by atoms with Gasteiger partial charge in [0.2, 0.25) is 0 Å². The van der Waals surface area contributed by atoms with Crippen molar-refractivity contribution in [2.75, 3.05) is 0 Å². The largest absolute Gasteiger partial charge is 0.259 e. The molecule has 0 aliphatic heterocycles. The van der Waals surface area contributed by atoms with E-state index in [-0.39, 0.29) is 0 Å². The zero-order chi connectivity index (χ0) is 9.26. The minimum absolute atomic E-state index is 0.980. The monoisotopic (exact) mass is 235 g/mol. The van der Waals surface area contributed by atoms with Gasteiger partial charge in [0.25, 0.3) is 0 Å². The molecule has 0 aliphatic rings. The highest BCUT2D eigenvalue weighted by Gasteiger charge is 2.02. The van der Waals surface area contributed by atoms with Gasteiger partial charge in [-0.1, -0.05) is 31.2 Å². The third kappa shape index (κ3) is 1.46. The molecule has 66 valence electrons. The van der Waals surface area contributed by atoms with Crippen molar-refractivity contribution in [3.63, 3.8) is 0 Å². The topological polar surface area (TPSA) is 12.9 Å². The van der Waals surface area contributed by atoms with E-state index in [9.17, 15) is 0 Å². The lowest BCUT2D eigenvalue weighted by Crippen LogP contribution is -1.88. The summed E-state index contributed by atoms with van der Waals surface area (Å²) < 4.78 is 1.07. The number of rotatable bonds is 1. The second kappa shape index (κ2) is 3.46. The van der Waals surface area contributed by atoms with Gasteiger partial charge in [-0.25, -0.2) is 0 Å². The molecule has 0 saturated heterocycles. The molecule has 1 aromatic heterocycles. The summed E-state index contributed by atoms with van der Waals surface area (Å²) in [6.45, 7) is 2.13. The summed E-state index contributed by atoms with van der Waals surface area (Å²) in [5.41, 5.74) is 1.17. The van der Waals surface area contributed by atoms with Gasteiger partial charge in [0.1, 0.15) is 0 Å². The Morgan fingerprint density at radius 2 is 1.92 bits per heavy atom. The molecular formula is C11H10BrN. The summed E-state index contributed by atoms with van der Waals surface area (Å²) in [6, 6.07) is 8.33. The number of hydrogen-bond acceptors (Lipinski definition) is 1. The van der Waals surface area contributed by atoms with Crippen LogP contribution in [0.25, 0.3) is 10.8 Å². The Labute approximate surface area is 85.9 Å². The molecule has 13 heavy (non-hydrogen) atoms. The number of hydrogen-bond donors (Lipinski definition) is 0. The number of halogens is 1. The first-order valence-electron chi connectivity index (χ1n) is 4.35. The van der Waals surface area contributed by atoms with E-state index in [0.29, 0.717) is 0 Å². The molecule has 0 unspecified atom stereocenters. The van der Waals surface area contributed by atoms with Crippen molar-refractivity contribution >= 4 is 26.7 Å². The van der Waals surface area contributed by atoms with Crippen LogP contribution in [0.4, 0.5) is 0 Å². The standard InChI is InChI=1S/C11H10BrN/c1-2-11-9-6-4-3-5-8(9)10(12)7-13-11/h3-7H,2H2,1H3. The number of benzene rings is 1. The molecule has 0 aliphatic carbocycles. The lowest BCUT2D eigenvalue weighted by atomic mass is 10.1. The quantitative estimate of drug-likeness (QED) is 0.737. The fourth-order valence-corrected chi connectivity index (χ4v) is 1.95. The van der Waals surface area contributed by atoms with Gasteiger partial charge in [-0.3, -0.25) is 4.98 Å². The normalized spacial score (nSPS) is 10.6. The van der Waals surface area contributed by atoms with E-state index in [0.717, 1.165) is 10.9 Å². The fraction of sp³-hybridized carbons (Fsp3) is 0.182. The molecule has 0 fully saturated rings. The zero-order valence-electron chi connectivity index (χ0n) is 7.42. The van der Waals surface area contributed by atoms with Crippen LogP contribution in [0.2, 0.25) is 0 Å². The van der Waals surface area contributed by atoms with Gasteiger partial charge in [-0.15, -0.1) is 0 Å². The van der Waals surface area contributed by atoms with Gasteiger partial charge in [0.05, 0.1) is 0 Å². The Morgan fingerprint density at radius 1 is 1.23 bits per heavy atom. The van der Waals surface area contributed by atoms with Gasteiger partial charge in [-0.05, 0) is 27.7 Å². The molecule has 0 atom stereocenters. The van der Waals surface area contributed by atoms with Crippen LogP contribution in [0.15, 0.2) is 34.9 Å². The average Bonchev–Trinajstić information content (AvgIpc) is 2.19. The third-order valence-electron chi connectivity index (χ3n) is 2.16. The second-order valence-corrected chi connectivity index (χ2v) is 3.81. The molecule has 1 nitrogen and oxygen atoms in total. The van der Waals surface area contributed by atoms with Crippen LogP contribution in [-0.2, 0) is 6.42 Å². The van der Waals surface area contributed by atoms with Gasteiger partial charge in [0, 0.05) is 21.7 Å². The van der Waals surface area contributed by atoms with Gasteiger partial charge in [-0.2, -0.15) is 0 Å². The van der Waals surface area contributed by atoms with Crippen molar-refractivity contribution in [3.8, 4) is 0 Å². The Balaban J connectivity index is 2.84. The molecule has 0 bridgehead atoms. The summed E-state index contributed by atoms with van der Waals surface area (Å²) in [7, 11) is 0. The van der Waals surface area contributed by atoms with Crippen molar-refractivity contribution < 1.29 is 0 Å². The van der Waals surface area contributed by atoms with Gasteiger partial charge in [0.15, 0.2) is 0 Å². The van der Waals surface area contributed by atoms with E-state index in [2.05, 4.69) is 46.0 Å². The van der Waals surface area contributed by atoms with E-state index in [1.54, 1.807) is 0 Å². The number of fused-ring (bicyclic) bond motifs is 1. The van der Waals surface area contributed by atoms with Crippen molar-refractivity contribution in [2.45, 2.75) is 13.3 Å². The molecule has 0 amide bonds. The SMILES string of the molecule is CCc1ncc(Br)c2ccccc12. The molecule has 2 rings (SSSR count). The lowest BCUT2D eigenvalue weighted by Gasteiger charge is -2.04. The molecule has 2 heteroatoms. The third-order valence-corrected chi connectivity index (χ3v) is 2.80. The van der Waals surface area contributed by atoms with Crippen LogP contribution in [-0.4, -0.2) is 4.98 Å². The summed E-state index contributed by atoms with van der Waals surface area (Å²) in [4.78, 5) is 4.38. The van der Waals surface area contributed by atoms with Crippen LogP contribution in [0.3, 0.4) is 0 Å². The number of pyridine rings is 1. The Kier molecular flexibility index (Phi) is 2.32. The summed E-state index contributed by atoms with van der Waals surface area (Å²) >= 11 is 3.50. The van der Waals surface area contributed by atoms with E-state index >= 15 is 0 Å². The number of aryl methyl sites for hydroxylation is 1. The van der Waals surface area contributed by atoms with Crippen LogP contribution in [0, 0.1) is 0 Å². The highest BCUT2D eigenvalue weighted by molar-refractivity contribution is 9.10. The van der Waals surface area contributed by atoms with E-state index in [1.165, 1.54) is 16.5 Å². The Bertz CT molecular complexity index is 437. The van der Waals surface area contributed by atoms with Crippen molar-refractivity contribution in [1.82, 2.24) is 4.98 Å². The second-order valence-electron chi connectivity index (χ2n) is 2.95. The minimum atomic E-state index is 0.980. The highest BCUT2D eigenvalue weighted by Crippen LogP contribution is 2.24. The van der Waals surface area contributed by atoms with E-state index in [1.807, 2.05) is 12.3 Å². The van der Waals surface area contributed by atoms with Gasteiger partial charge < -0.3 is 0 Å². The van der Waals surface area contributed by atoms with Crippen LogP contribution in [0.1, 0.15) is 12.6 Å². The minimum Gasteiger partial charge on any atom is -0.259 e. The first-order chi connectivity index (χ1) is 6.33. The predicted octanol–water partition coefficient (Wildman–Crippen LogP) is 3.56. The van der Waals surface area contributed by atoms with Crippen molar-refractivity contribution in [2.24, 2.45) is 0 Å². The predicted molar refractivity (Wildman–Crippen MR) is 58.8 cm³/mol. The maximum Gasteiger partial charge on any atom is 0.0480 e. The first kappa shape index (κ1) is 8.70. The Morgan fingerprint density at radius 3 is 2.62 bits per heavy atom. The molecule has 1 heterocycles. The maximum absolute atomic E-state index is 4.38. The van der Waals surface area contributed by atoms with E-state index in [4.69, 9.17) is 0 Å². The zero-order valence-corrected chi connectivity index (χ0v) is 9.01.